The largest absolute Gasteiger partial charge is 0.481 e. The van der Waals surface area contributed by atoms with E-state index in [2.05, 4.69) is 20.9 Å². The number of hydrogen-bond acceptors (Lipinski definition) is 7. The first-order valence-corrected chi connectivity index (χ1v) is 10.9. The number of carboxylic acids is 2. The average Bonchev–Trinajstić information content (AvgIpc) is 2.72. The molecular weight excluding hydrogens is 450 g/mol. The standard InChI is InChI=1S/C20H37N7O7/c1-10(2)9-14(19(33)34)27-16(30)11(3)25-18(32)13(5-4-8-24-20(22)23)26-17(31)12(21)6-7-15(28)29/h10-14H,4-9,21H2,1-3H3,(H,25,32)(H,26,31)(H,27,30)(H,28,29)(H,33,34)(H4,22,23,24). The molecule has 0 aliphatic rings. The van der Waals surface area contributed by atoms with Crippen molar-refractivity contribution >= 4 is 35.6 Å². The van der Waals surface area contributed by atoms with Gasteiger partial charge in [-0.2, -0.15) is 0 Å². The van der Waals surface area contributed by atoms with E-state index in [9.17, 15) is 29.1 Å². The predicted molar refractivity (Wildman–Crippen MR) is 123 cm³/mol. The number of carboxylic acid groups (broad SMARTS) is 2. The Kier molecular flexibility index (Phi) is 13.9. The van der Waals surface area contributed by atoms with E-state index in [1.807, 2.05) is 13.8 Å². The lowest BCUT2D eigenvalue weighted by Gasteiger charge is -2.23. The molecule has 0 fully saturated rings. The minimum Gasteiger partial charge on any atom is -0.481 e. The fourth-order valence-corrected chi connectivity index (χ4v) is 2.83. The molecule has 14 nitrogen and oxygen atoms in total. The summed E-state index contributed by atoms with van der Waals surface area (Å²) in [6, 6.07) is -4.48. The molecule has 0 aromatic carbocycles. The molecule has 11 N–H and O–H groups in total. The summed E-state index contributed by atoms with van der Waals surface area (Å²) in [6.07, 6.45) is 0.151. The van der Waals surface area contributed by atoms with Crippen LogP contribution in [0.2, 0.25) is 0 Å². The van der Waals surface area contributed by atoms with Crippen molar-refractivity contribution in [3.8, 4) is 0 Å². The number of guanidine groups is 1. The molecular formula is C20H37N7O7. The first kappa shape index (κ1) is 30.6. The summed E-state index contributed by atoms with van der Waals surface area (Å²) >= 11 is 0. The molecule has 0 bridgehead atoms. The van der Waals surface area contributed by atoms with Crippen molar-refractivity contribution in [3.05, 3.63) is 0 Å². The van der Waals surface area contributed by atoms with Gasteiger partial charge in [-0.25, -0.2) is 4.79 Å². The van der Waals surface area contributed by atoms with Gasteiger partial charge in [-0.05, 0) is 38.5 Å². The average molecular weight is 488 g/mol. The van der Waals surface area contributed by atoms with Crippen LogP contribution in [0.3, 0.4) is 0 Å². The fourth-order valence-electron chi connectivity index (χ4n) is 2.83. The molecule has 0 spiro atoms. The van der Waals surface area contributed by atoms with Crippen LogP contribution >= 0.6 is 0 Å². The van der Waals surface area contributed by atoms with Gasteiger partial charge in [0.1, 0.15) is 18.1 Å². The van der Waals surface area contributed by atoms with Crippen LogP contribution in [0.15, 0.2) is 4.99 Å². The Labute approximate surface area is 198 Å². The highest BCUT2D eigenvalue weighted by Crippen LogP contribution is 2.06. The van der Waals surface area contributed by atoms with Crippen molar-refractivity contribution in [1.82, 2.24) is 16.0 Å². The molecule has 0 aliphatic heterocycles. The number of aliphatic carboxylic acids is 2. The van der Waals surface area contributed by atoms with Gasteiger partial charge in [0.05, 0.1) is 6.04 Å². The molecule has 0 rings (SSSR count). The summed E-state index contributed by atoms with van der Waals surface area (Å²) in [5.74, 6) is -4.58. The van der Waals surface area contributed by atoms with Gasteiger partial charge in [-0.1, -0.05) is 13.8 Å². The number of carbonyl (C=O) groups excluding carboxylic acids is 3. The molecule has 4 unspecified atom stereocenters. The fraction of sp³-hybridized carbons (Fsp3) is 0.700. The zero-order chi connectivity index (χ0) is 26.4. The first-order valence-electron chi connectivity index (χ1n) is 10.9. The zero-order valence-corrected chi connectivity index (χ0v) is 19.7. The number of carbonyl (C=O) groups is 5. The molecule has 0 aromatic rings. The summed E-state index contributed by atoms with van der Waals surface area (Å²) in [5.41, 5.74) is 16.2. The van der Waals surface area contributed by atoms with Crippen molar-refractivity contribution in [3.63, 3.8) is 0 Å². The SMILES string of the molecule is CC(C)CC(NC(=O)C(C)NC(=O)C(CCCN=C(N)N)NC(=O)C(N)CCC(=O)O)C(=O)O. The molecule has 0 saturated heterocycles. The van der Waals surface area contributed by atoms with Gasteiger partial charge in [-0.15, -0.1) is 0 Å². The number of hydrogen-bond donors (Lipinski definition) is 8. The van der Waals surface area contributed by atoms with Crippen LogP contribution in [-0.2, 0) is 24.0 Å². The van der Waals surface area contributed by atoms with Crippen LogP contribution in [0.5, 0.6) is 0 Å². The maximum Gasteiger partial charge on any atom is 0.326 e. The topological polar surface area (TPSA) is 252 Å². The van der Waals surface area contributed by atoms with Gasteiger partial charge in [0, 0.05) is 13.0 Å². The van der Waals surface area contributed by atoms with Gasteiger partial charge in [-0.3, -0.25) is 24.2 Å². The lowest BCUT2D eigenvalue weighted by atomic mass is 10.0. The Morgan fingerprint density at radius 3 is 1.94 bits per heavy atom. The minimum absolute atomic E-state index is 0.0152. The summed E-state index contributed by atoms with van der Waals surface area (Å²) < 4.78 is 0. The highest BCUT2D eigenvalue weighted by Gasteiger charge is 2.28. The number of nitrogens with zero attached hydrogens (tertiary/aromatic N) is 1. The number of rotatable bonds is 16. The minimum atomic E-state index is -1.19. The van der Waals surface area contributed by atoms with E-state index in [1.165, 1.54) is 6.92 Å². The Bertz CT molecular complexity index is 754. The van der Waals surface area contributed by atoms with E-state index in [0.717, 1.165) is 0 Å². The van der Waals surface area contributed by atoms with Crippen LogP contribution in [0.25, 0.3) is 0 Å². The van der Waals surface area contributed by atoms with Gasteiger partial charge in [0.15, 0.2) is 5.96 Å². The summed E-state index contributed by atoms with van der Waals surface area (Å²) in [6.45, 7) is 5.17. The van der Waals surface area contributed by atoms with Crippen molar-refractivity contribution in [2.75, 3.05) is 6.54 Å². The summed E-state index contributed by atoms with van der Waals surface area (Å²) in [4.78, 5) is 63.4. The van der Waals surface area contributed by atoms with Crippen molar-refractivity contribution in [1.29, 1.82) is 0 Å². The molecule has 4 atom stereocenters. The van der Waals surface area contributed by atoms with Crippen molar-refractivity contribution < 1.29 is 34.2 Å². The monoisotopic (exact) mass is 487 g/mol. The molecule has 34 heavy (non-hydrogen) atoms. The summed E-state index contributed by atoms with van der Waals surface area (Å²) in [5, 5.41) is 25.3. The van der Waals surface area contributed by atoms with Crippen LogP contribution in [-0.4, -0.2) is 76.5 Å². The maximum absolute atomic E-state index is 12.8. The zero-order valence-electron chi connectivity index (χ0n) is 19.7. The molecule has 194 valence electrons. The lowest BCUT2D eigenvalue weighted by Crippen LogP contribution is -2.56. The molecule has 3 amide bonds. The number of aliphatic imine (C=N–C) groups is 1. The van der Waals surface area contributed by atoms with Gasteiger partial charge in [0.25, 0.3) is 0 Å². The Morgan fingerprint density at radius 1 is 0.853 bits per heavy atom. The van der Waals surface area contributed by atoms with E-state index >= 15 is 0 Å². The quantitative estimate of drug-likeness (QED) is 0.0664. The third-order valence-corrected chi connectivity index (χ3v) is 4.66. The first-order chi connectivity index (χ1) is 15.7. The number of nitrogens with two attached hydrogens (primary N) is 3. The van der Waals surface area contributed by atoms with E-state index in [0.29, 0.717) is 6.42 Å². The number of amides is 3. The van der Waals surface area contributed by atoms with Crippen LogP contribution in [0.4, 0.5) is 0 Å². The molecule has 0 aliphatic carbocycles. The van der Waals surface area contributed by atoms with Gasteiger partial charge in [0.2, 0.25) is 17.7 Å². The van der Waals surface area contributed by atoms with Crippen molar-refractivity contribution in [2.24, 2.45) is 28.1 Å². The Morgan fingerprint density at radius 2 is 1.44 bits per heavy atom. The summed E-state index contributed by atoms with van der Waals surface area (Å²) in [7, 11) is 0. The smallest absolute Gasteiger partial charge is 0.326 e. The van der Waals surface area contributed by atoms with E-state index in [4.69, 9.17) is 22.3 Å². The van der Waals surface area contributed by atoms with E-state index in [1.54, 1.807) is 0 Å². The molecule has 14 heteroatoms. The van der Waals surface area contributed by atoms with Gasteiger partial charge < -0.3 is 43.4 Å². The highest BCUT2D eigenvalue weighted by atomic mass is 16.4. The second-order valence-corrected chi connectivity index (χ2v) is 8.31. The van der Waals surface area contributed by atoms with E-state index < -0.39 is 53.8 Å². The third kappa shape index (κ3) is 13.2. The molecule has 0 heterocycles. The second-order valence-electron chi connectivity index (χ2n) is 8.31. The third-order valence-electron chi connectivity index (χ3n) is 4.66. The van der Waals surface area contributed by atoms with Crippen LogP contribution in [0.1, 0.15) is 52.9 Å². The molecule has 0 saturated carbocycles. The van der Waals surface area contributed by atoms with Gasteiger partial charge >= 0.3 is 11.9 Å². The number of nitrogens with one attached hydrogen (secondary N) is 3. The van der Waals surface area contributed by atoms with E-state index in [-0.39, 0.29) is 44.1 Å². The maximum atomic E-state index is 12.8. The van der Waals surface area contributed by atoms with Crippen molar-refractivity contribution in [2.45, 2.75) is 77.0 Å². The second kappa shape index (κ2) is 15.4. The predicted octanol–water partition coefficient (Wildman–Crippen LogP) is -2.16. The highest BCUT2D eigenvalue weighted by molar-refractivity contribution is 5.94. The Balaban J connectivity index is 5.20. The lowest BCUT2D eigenvalue weighted by molar-refractivity contribution is -0.142. The van der Waals surface area contributed by atoms with Crippen LogP contribution < -0.4 is 33.2 Å². The molecule has 0 aromatic heterocycles. The molecule has 0 radical (unpaired) electrons. The normalized spacial score (nSPS) is 14.3. The Hall–Kier alpha value is -3.42. The van der Waals surface area contributed by atoms with Crippen LogP contribution in [0, 0.1) is 5.92 Å².